The molecule has 4 saturated heterocycles. The van der Waals surface area contributed by atoms with Crippen LogP contribution in [0, 0.1) is 11.8 Å². The molecule has 9 nitrogen and oxygen atoms in total. The molecule has 10 heteroatoms. The number of morpholine rings is 1. The van der Waals surface area contributed by atoms with Crippen LogP contribution >= 0.6 is 11.8 Å². The number of fused-ring (bicyclic) bond motifs is 1. The Kier molecular flexibility index (Phi) is 10.0. The Morgan fingerprint density at radius 2 is 1.77 bits per heavy atom. The second kappa shape index (κ2) is 13.5. The lowest BCUT2D eigenvalue weighted by Gasteiger charge is -2.38. The summed E-state index contributed by atoms with van der Waals surface area (Å²) in [4.78, 5) is 51.1. The molecule has 4 fully saturated rings. The van der Waals surface area contributed by atoms with Crippen LogP contribution in [0.4, 0.5) is 0 Å². The van der Waals surface area contributed by atoms with E-state index >= 15 is 0 Å². The van der Waals surface area contributed by atoms with Gasteiger partial charge in [-0.05, 0) is 31.7 Å². The van der Waals surface area contributed by atoms with Crippen LogP contribution in [0.3, 0.4) is 0 Å². The first kappa shape index (κ1) is 31.8. The number of carbonyl (C=O) groups excluding carboxylic acids is 3. The van der Waals surface area contributed by atoms with Crippen molar-refractivity contribution in [3.8, 4) is 0 Å². The summed E-state index contributed by atoms with van der Waals surface area (Å²) < 4.78 is 4.34. The summed E-state index contributed by atoms with van der Waals surface area (Å²) in [5.74, 6) is -1.41. The molecule has 0 aromatic heterocycles. The van der Waals surface area contributed by atoms with Crippen LogP contribution in [-0.2, 0) is 25.7 Å². The van der Waals surface area contributed by atoms with Gasteiger partial charge >= 0.3 is 0 Å². The molecule has 0 radical (unpaired) electrons. The van der Waals surface area contributed by atoms with E-state index in [0.29, 0.717) is 52.2 Å². The SMILES string of the molecule is C=CCN(CCN1CCOCC1)C(=O)C1N(CCCO)C(=O)[C@@H]2[C@H](C(=O)N(CC=C)Cc3ccccc3)[C@]3(C)CCC12S3. The zero-order chi connectivity index (χ0) is 30.6. The van der Waals surface area contributed by atoms with E-state index in [1.807, 2.05) is 35.2 Å². The number of aliphatic hydroxyl groups is 1. The van der Waals surface area contributed by atoms with Gasteiger partial charge in [-0.15, -0.1) is 24.9 Å². The number of thioether (sulfide) groups is 1. The predicted molar refractivity (Wildman–Crippen MR) is 168 cm³/mol. The molecule has 5 rings (SSSR count). The fourth-order valence-electron chi connectivity index (χ4n) is 7.66. The third-order valence-corrected chi connectivity index (χ3v) is 11.6. The highest BCUT2D eigenvalue weighted by Gasteiger charge is 2.77. The Balaban J connectivity index is 1.46. The highest BCUT2D eigenvalue weighted by molar-refractivity contribution is 8.02. The lowest BCUT2D eigenvalue weighted by Crippen LogP contribution is -2.56. The van der Waals surface area contributed by atoms with Crippen LogP contribution in [-0.4, -0.2) is 124 Å². The standard InChI is InChI=1S/C33H46N4O5S/c1-4-14-35(18-17-34-19-22-42-23-20-34)31(41)28-33-13-12-32(3,43-33)26(27(33)30(40)37(28)16-9-21-38)29(39)36(15-5-2)24-25-10-7-6-8-11-25/h4-8,10-11,26-28,38H,1-2,9,12-24H2,3H3/t26-,27+,28?,32+,33?/m1/s1. The maximum atomic E-state index is 14.6. The number of aliphatic hydroxyl groups excluding tert-OH is 1. The fourth-order valence-corrected chi connectivity index (χ4v) is 10.0. The summed E-state index contributed by atoms with van der Waals surface area (Å²) in [6, 6.07) is 9.18. The molecule has 1 aromatic carbocycles. The number of benzene rings is 1. The van der Waals surface area contributed by atoms with Crippen molar-refractivity contribution in [2.24, 2.45) is 11.8 Å². The van der Waals surface area contributed by atoms with Gasteiger partial charge in [0.05, 0.1) is 29.8 Å². The summed E-state index contributed by atoms with van der Waals surface area (Å²) in [5, 5.41) is 9.71. The molecule has 0 aliphatic carbocycles. The van der Waals surface area contributed by atoms with E-state index in [9.17, 15) is 19.5 Å². The Bertz CT molecular complexity index is 1190. The molecule has 234 valence electrons. The van der Waals surface area contributed by atoms with Crippen molar-refractivity contribution in [2.45, 2.75) is 48.3 Å². The first-order valence-corrected chi connectivity index (χ1v) is 16.4. The number of rotatable bonds is 14. The molecule has 0 saturated carbocycles. The van der Waals surface area contributed by atoms with Gasteiger partial charge in [-0.1, -0.05) is 42.5 Å². The monoisotopic (exact) mass is 610 g/mol. The van der Waals surface area contributed by atoms with Crippen molar-refractivity contribution in [3.05, 3.63) is 61.2 Å². The van der Waals surface area contributed by atoms with E-state index in [4.69, 9.17) is 4.74 Å². The van der Waals surface area contributed by atoms with Crippen LogP contribution in [0.25, 0.3) is 0 Å². The second-order valence-corrected chi connectivity index (χ2v) is 14.3. The van der Waals surface area contributed by atoms with Crippen LogP contribution < -0.4 is 0 Å². The number of hydrogen-bond donors (Lipinski definition) is 1. The molecule has 1 spiro atoms. The Morgan fingerprint density at radius 3 is 2.44 bits per heavy atom. The molecule has 43 heavy (non-hydrogen) atoms. The maximum Gasteiger partial charge on any atom is 0.247 e. The molecule has 1 N–H and O–H groups in total. The molecule has 3 amide bonds. The zero-order valence-electron chi connectivity index (χ0n) is 25.4. The molecule has 2 unspecified atom stereocenters. The number of nitrogens with zero attached hydrogens (tertiary/aromatic N) is 4. The van der Waals surface area contributed by atoms with Crippen molar-refractivity contribution in [1.82, 2.24) is 19.6 Å². The van der Waals surface area contributed by atoms with Crippen LogP contribution in [0.5, 0.6) is 0 Å². The number of carbonyl (C=O) groups is 3. The van der Waals surface area contributed by atoms with Crippen molar-refractivity contribution < 1.29 is 24.2 Å². The number of ether oxygens (including phenoxy) is 1. The summed E-state index contributed by atoms with van der Waals surface area (Å²) in [6.07, 6.45) is 5.32. The third kappa shape index (κ3) is 6.03. The number of amides is 3. The lowest BCUT2D eigenvalue weighted by molar-refractivity contribution is -0.146. The molecule has 4 aliphatic heterocycles. The van der Waals surface area contributed by atoms with E-state index < -0.39 is 27.4 Å². The summed E-state index contributed by atoms with van der Waals surface area (Å²) >= 11 is 1.69. The second-order valence-electron chi connectivity index (χ2n) is 12.4. The van der Waals surface area contributed by atoms with E-state index in [-0.39, 0.29) is 30.9 Å². The lowest BCUT2D eigenvalue weighted by atomic mass is 9.66. The molecular weight excluding hydrogens is 564 g/mol. The van der Waals surface area contributed by atoms with Crippen LogP contribution in [0.15, 0.2) is 55.6 Å². The van der Waals surface area contributed by atoms with Crippen molar-refractivity contribution in [3.63, 3.8) is 0 Å². The summed E-state index contributed by atoms with van der Waals surface area (Å²) in [7, 11) is 0. The largest absolute Gasteiger partial charge is 0.396 e. The molecule has 4 heterocycles. The predicted octanol–water partition coefficient (Wildman–Crippen LogP) is 2.41. The van der Waals surface area contributed by atoms with Crippen LogP contribution in [0.1, 0.15) is 31.7 Å². The van der Waals surface area contributed by atoms with Crippen molar-refractivity contribution >= 4 is 29.5 Å². The molecule has 5 atom stereocenters. The van der Waals surface area contributed by atoms with Gasteiger partial charge in [0.2, 0.25) is 17.7 Å². The summed E-state index contributed by atoms with van der Waals surface area (Å²) in [6.45, 7) is 15.6. The highest BCUT2D eigenvalue weighted by atomic mass is 32.2. The van der Waals surface area contributed by atoms with Gasteiger partial charge in [-0.2, -0.15) is 0 Å². The average molecular weight is 611 g/mol. The zero-order valence-corrected chi connectivity index (χ0v) is 26.2. The maximum absolute atomic E-state index is 14.6. The quantitative estimate of drug-likeness (QED) is 0.324. The highest BCUT2D eigenvalue weighted by Crippen LogP contribution is 2.71. The smallest absolute Gasteiger partial charge is 0.247 e. The Hall–Kier alpha value is -2.66. The van der Waals surface area contributed by atoms with Gasteiger partial charge in [0.25, 0.3) is 0 Å². The van der Waals surface area contributed by atoms with Gasteiger partial charge in [0.1, 0.15) is 6.04 Å². The summed E-state index contributed by atoms with van der Waals surface area (Å²) in [5.41, 5.74) is 1.02. The van der Waals surface area contributed by atoms with Gasteiger partial charge in [-0.3, -0.25) is 19.3 Å². The van der Waals surface area contributed by atoms with E-state index in [2.05, 4.69) is 25.0 Å². The Labute approximate surface area is 259 Å². The van der Waals surface area contributed by atoms with Crippen LogP contribution in [0.2, 0.25) is 0 Å². The first-order valence-electron chi connectivity index (χ1n) is 15.5. The fraction of sp³-hybridized carbons (Fsp3) is 0.606. The topological polar surface area (TPSA) is 93.6 Å². The van der Waals surface area contributed by atoms with E-state index in [0.717, 1.165) is 31.6 Å². The Morgan fingerprint density at radius 1 is 1.07 bits per heavy atom. The van der Waals surface area contributed by atoms with Gasteiger partial charge in [0.15, 0.2) is 0 Å². The average Bonchev–Trinajstić information content (AvgIpc) is 3.58. The number of likely N-dealkylation sites (tertiary alicyclic amines) is 1. The van der Waals surface area contributed by atoms with E-state index in [1.165, 1.54) is 0 Å². The van der Waals surface area contributed by atoms with Gasteiger partial charge in [-0.25, -0.2) is 0 Å². The molecule has 4 aliphatic rings. The minimum absolute atomic E-state index is 0.0517. The minimum Gasteiger partial charge on any atom is -0.396 e. The molecule has 2 bridgehead atoms. The normalized spacial score (nSPS) is 29.9. The minimum atomic E-state index is -0.691. The van der Waals surface area contributed by atoms with E-state index in [1.54, 1.807) is 33.7 Å². The van der Waals surface area contributed by atoms with Gasteiger partial charge < -0.3 is 24.5 Å². The molecular formula is C33H46N4O5S. The van der Waals surface area contributed by atoms with Crippen molar-refractivity contribution in [1.29, 1.82) is 0 Å². The van der Waals surface area contributed by atoms with Gasteiger partial charge in [0, 0.05) is 63.7 Å². The molecule has 1 aromatic rings. The number of hydrogen-bond acceptors (Lipinski definition) is 7. The first-order chi connectivity index (χ1) is 20.8. The van der Waals surface area contributed by atoms with Crippen molar-refractivity contribution in [2.75, 3.05) is 65.6 Å². The third-order valence-electron chi connectivity index (χ3n) is 9.66.